The molecule has 0 saturated carbocycles. The van der Waals surface area contributed by atoms with Gasteiger partial charge in [0.15, 0.2) is 11.0 Å². The van der Waals surface area contributed by atoms with Crippen molar-refractivity contribution in [1.29, 1.82) is 0 Å². The molecule has 1 unspecified atom stereocenters. The van der Waals surface area contributed by atoms with Gasteiger partial charge in [0.25, 0.3) is 0 Å². The number of anilines is 1. The third-order valence-electron chi connectivity index (χ3n) is 2.88. The summed E-state index contributed by atoms with van der Waals surface area (Å²) in [5.41, 5.74) is 1.73. The van der Waals surface area contributed by atoms with E-state index in [1.807, 2.05) is 27.7 Å². The minimum absolute atomic E-state index is 0.0784. The first-order valence-corrected chi connectivity index (χ1v) is 6.10. The molecule has 100 valence electrons. The van der Waals surface area contributed by atoms with E-state index in [1.54, 1.807) is 0 Å². The number of ether oxygens (including phenoxy) is 1. The summed E-state index contributed by atoms with van der Waals surface area (Å²) >= 11 is 5.88. The lowest BCUT2D eigenvalue weighted by Gasteiger charge is -2.21. The molecule has 0 radical (unpaired) electrons. The summed E-state index contributed by atoms with van der Waals surface area (Å²) in [5.74, 6) is 0.314. The van der Waals surface area contributed by atoms with E-state index in [9.17, 15) is 4.79 Å². The number of carbonyl (C=O) groups is 1. The third-order valence-corrected chi connectivity index (χ3v) is 3.24. The standard InChI is InChI=1S/C12H18ClN3O2/c1-6(2)9(12(17)18-5)14-11-8(4)7(3)10(13)15-16-11/h6,9H,1-5H3,(H,14,16). The van der Waals surface area contributed by atoms with E-state index in [1.165, 1.54) is 7.11 Å². The van der Waals surface area contributed by atoms with Crippen molar-refractivity contribution in [2.45, 2.75) is 33.7 Å². The Hall–Kier alpha value is -1.36. The van der Waals surface area contributed by atoms with Crippen molar-refractivity contribution in [3.05, 3.63) is 16.3 Å². The van der Waals surface area contributed by atoms with E-state index in [0.717, 1.165) is 11.1 Å². The molecule has 1 heterocycles. The molecular formula is C12H18ClN3O2. The van der Waals surface area contributed by atoms with Gasteiger partial charge in [0.2, 0.25) is 0 Å². The summed E-state index contributed by atoms with van der Waals surface area (Å²) in [5, 5.41) is 11.2. The smallest absolute Gasteiger partial charge is 0.328 e. The van der Waals surface area contributed by atoms with Gasteiger partial charge in [-0.05, 0) is 30.9 Å². The van der Waals surface area contributed by atoms with E-state index >= 15 is 0 Å². The van der Waals surface area contributed by atoms with Crippen LogP contribution in [0.25, 0.3) is 0 Å². The molecule has 0 aromatic carbocycles. The molecule has 0 saturated heterocycles. The maximum absolute atomic E-state index is 11.7. The van der Waals surface area contributed by atoms with E-state index in [-0.39, 0.29) is 11.9 Å². The van der Waals surface area contributed by atoms with Crippen LogP contribution in [0, 0.1) is 19.8 Å². The Morgan fingerprint density at radius 3 is 2.39 bits per heavy atom. The number of nitrogens with zero attached hydrogens (tertiary/aromatic N) is 2. The van der Waals surface area contributed by atoms with Crippen LogP contribution < -0.4 is 5.32 Å². The van der Waals surface area contributed by atoms with Crippen LogP contribution in [0.1, 0.15) is 25.0 Å². The van der Waals surface area contributed by atoms with Gasteiger partial charge < -0.3 is 10.1 Å². The summed E-state index contributed by atoms with van der Waals surface area (Å²) in [6, 6.07) is -0.455. The van der Waals surface area contributed by atoms with Crippen LogP contribution in [0.2, 0.25) is 5.15 Å². The number of halogens is 1. The quantitative estimate of drug-likeness (QED) is 0.852. The zero-order valence-electron chi connectivity index (χ0n) is 11.2. The second-order valence-corrected chi connectivity index (χ2v) is 4.84. The Balaban J connectivity index is 3.02. The highest BCUT2D eigenvalue weighted by molar-refractivity contribution is 6.30. The van der Waals surface area contributed by atoms with E-state index in [2.05, 4.69) is 15.5 Å². The SMILES string of the molecule is COC(=O)C(Nc1nnc(Cl)c(C)c1C)C(C)C. The van der Waals surface area contributed by atoms with Gasteiger partial charge in [-0.3, -0.25) is 0 Å². The van der Waals surface area contributed by atoms with Crippen LogP contribution in [0.5, 0.6) is 0 Å². The number of methoxy groups -OCH3 is 1. The van der Waals surface area contributed by atoms with Gasteiger partial charge in [-0.15, -0.1) is 10.2 Å². The van der Waals surface area contributed by atoms with Crippen LogP contribution in [-0.2, 0) is 9.53 Å². The zero-order valence-corrected chi connectivity index (χ0v) is 12.0. The fourth-order valence-electron chi connectivity index (χ4n) is 1.49. The topological polar surface area (TPSA) is 64.1 Å². The fourth-order valence-corrected chi connectivity index (χ4v) is 1.66. The molecule has 0 bridgehead atoms. The van der Waals surface area contributed by atoms with Crippen molar-refractivity contribution in [1.82, 2.24) is 10.2 Å². The Bertz CT molecular complexity index is 449. The average Bonchev–Trinajstić information content (AvgIpc) is 2.34. The lowest BCUT2D eigenvalue weighted by Crippen LogP contribution is -2.36. The summed E-state index contributed by atoms with van der Waals surface area (Å²) < 4.78 is 4.76. The molecule has 0 aliphatic carbocycles. The largest absolute Gasteiger partial charge is 0.467 e. The third kappa shape index (κ3) is 3.10. The van der Waals surface area contributed by atoms with Crippen molar-refractivity contribution in [3.8, 4) is 0 Å². The van der Waals surface area contributed by atoms with Gasteiger partial charge in [0, 0.05) is 0 Å². The second-order valence-electron chi connectivity index (χ2n) is 4.48. The maximum Gasteiger partial charge on any atom is 0.328 e. The van der Waals surface area contributed by atoms with Crippen LogP contribution in [0.15, 0.2) is 0 Å². The Labute approximate surface area is 112 Å². The van der Waals surface area contributed by atoms with Crippen molar-refractivity contribution in [2.75, 3.05) is 12.4 Å². The molecule has 0 aliphatic rings. The summed E-state index contributed by atoms with van der Waals surface area (Å²) in [4.78, 5) is 11.7. The maximum atomic E-state index is 11.7. The van der Waals surface area contributed by atoms with E-state index in [0.29, 0.717) is 11.0 Å². The van der Waals surface area contributed by atoms with Crippen molar-refractivity contribution in [3.63, 3.8) is 0 Å². The predicted molar refractivity (Wildman–Crippen MR) is 70.8 cm³/mol. The van der Waals surface area contributed by atoms with E-state index in [4.69, 9.17) is 16.3 Å². The van der Waals surface area contributed by atoms with Crippen molar-refractivity contribution in [2.24, 2.45) is 5.92 Å². The van der Waals surface area contributed by atoms with Crippen molar-refractivity contribution < 1.29 is 9.53 Å². The molecule has 6 heteroatoms. The van der Waals surface area contributed by atoms with E-state index < -0.39 is 6.04 Å². The highest BCUT2D eigenvalue weighted by Crippen LogP contribution is 2.22. The highest BCUT2D eigenvalue weighted by Gasteiger charge is 2.24. The number of aromatic nitrogens is 2. The molecule has 1 N–H and O–H groups in total. The van der Waals surface area contributed by atoms with Gasteiger partial charge in [0.1, 0.15) is 6.04 Å². The molecule has 0 amide bonds. The van der Waals surface area contributed by atoms with Crippen LogP contribution in [0.4, 0.5) is 5.82 Å². The van der Waals surface area contributed by atoms with Gasteiger partial charge >= 0.3 is 5.97 Å². The first-order valence-electron chi connectivity index (χ1n) is 5.72. The minimum Gasteiger partial charge on any atom is -0.467 e. The number of hydrogen-bond donors (Lipinski definition) is 1. The fraction of sp³-hybridized carbons (Fsp3) is 0.583. The average molecular weight is 272 g/mol. The van der Waals surface area contributed by atoms with Crippen LogP contribution in [-0.4, -0.2) is 29.3 Å². The summed E-state index contributed by atoms with van der Waals surface area (Å²) in [6.07, 6.45) is 0. The zero-order chi connectivity index (χ0) is 13.9. The monoisotopic (exact) mass is 271 g/mol. The van der Waals surface area contributed by atoms with Gasteiger partial charge in [-0.2, -0.15) is 0 Å². The highest BCUT2D eigenvalue weighted by atomic mass is 35.5. The normalized spacial score (nSPS) is 12.4. The molecule has 0 fully saturated rings. The summed E-state index contributed by atoms with van der Waals surface area (Å²) in [7, 11) is 1.37. The molecule has 0 spiro atoms. The molecule has 18 heavy (non-hydrogen) atoms. The molecule has 5 nitrogen and oxygen atoms in total. The van der Waals surface area contributed by atoms with Crippen LogP contribution in [0.3, 0.4) is 0 Å². The molecule has 1 aromatic rings. The lowest BCUT2D eigenvalue weighted by atomic mass is 10.0. The summed E-state index contributed by atoms with van der Waals surface area (Å²) in [6.45, 7) is 7.60. The lowest BCUT2D eigenvalue weighted by molar-refractivity contribution is -0.142. The second kappa shape index (κ2) is 6.00. The van der Waals surface area contributed by atoms with Crippen LogP contribution >= 0.6 is 11.6 Å². The number of nitrogens with one attached hydrogen (secondary N) is 1. The van der Waals surface area contributed by atoms with Crippen molar-refractivity contribution >= 4 is 23.4 Å². The Morgan fingerprint density at radius 1 is 1.28 bits per heavy atom. The van der Waals surface area contributed by atoms with Gasteiger partial charge in [-0.25, -0.2) is 4.79 Å². The minimum atomic E-state index is -0.455. The Kier molecular flexibility index (Phi) is 4.90. The first kappa shape index (κ1) is 14.7. The number of hydrogen-bond acceptors (Lipinski definition) is 5. The molecular weight excluding hydrogens is 254 g/mol. The molecule has 1 atom stereocenters. The number of carbonyl (C=O) groups excluding carboxylic acids is 1. The molecule has 0 aliphatic heterocycles. The van der Waals surface area contributed by atoms with Gasteiger partial charge in [0.05, 0.1) is 7.11 Å². The molecule has 1 rings (SSSR count). The first-order chi connectivity index (χ1) is 8.38. The predicted octanol–water partition coefficient (Wildman–Crippen LogP) is 2.36. The number of esters is 1. The molecule has 1 aromatic heterocycles. The van der Waals surface area contributed by atoms with Gasteiger partial charge in [-0.1, -0.05) is 25.4 Å². The Morgan fingerprint density at radius 2 is 1.89 bits per heavy atom. The number of rotatable bonds is 4.